The predicted molar refractivity (Wildman–Crippen MR) is 73.5 cm³/mol. The largest absolute Gasteiger partial charge is 0.322 e. The summed E-state index contributed by atoms with van der Waals surface area (Å²) in [5.74, 6) is -1.72. The van der Waals surface area contributed by atoms with Crippen LogP contribution in [0.25, 0.3) is 0 Å². The van der Waals surface area contributed by atoms with Gasteiger partial charge < -0.3 is 10.6 Å². The van der Waals surface area contributed by atoms with E-state index in [-0.39, 0.29) is 24.2 Å². The molecule has 2 unspecified atom stereocenters. The highest BCUT2D eigenvalue weighted by Gasteiger charge is 2.24. The van der Waals surface area contributed by atoms with E-state index in [1.54, 1.807) is 0 Å². The predicted octanol–water partition coefficient (Wildman–Crippen LogP) is 1.59. The number of amides is 1. The van der Waals surface area contributed by atoms with Gasteiger partial charge in [-0.3, -0.25) is 9.69 Å². The van der Waals surface area contributed by atoms with E-state index in [1.165, 1.54) is 6.07 Å². The molecular weight excluding hydrogens is 264 g/mol. The van der Waals surface area contributed by atoms with Crippen molar-refractivity contribution < 1.29 is 13.6 Å². The summed E-state index contributed by atoms with van der Waals surface area (Å²) in [7, 11) is 0. The minimum Gasteiger partial charge on any atom is -0.322 e. The Morgan fingerprint density at radius 1 is 1.45 bits per heavy atom. The van der Waals surface area contributed by atoms with Crippen LogP contribution >= 0.6 is 0 Å². The number of halogens is 2. The van der Waals surface area contributed by atoms with Crippen LogP contribution in [0.5, 0.6) is 0 Å². The molecule has 1 heterocycles. The van der Waals surface area contributed by atoms with E-state index in [0.717, 1.165) is 25.2 Å². The molecular formula is C14H19F2N3O. The molecule has 1 aliphatic rings. The Labute approximate surface area is 117 Å². The molecule has 1 aliphatic heterocycles. The van der Waals surface area contributed by atoms with Crippen LogP contribution in [0.4, 0.5) is 14.5 Å². The second kappa shape index (κ2) is 6.28. The van der Waals surface area contributed by atoms with Crippen molar-refractivity contribution in [3.63, 3.8) is 0 Å². The molecule has 1 aromatic rings. The maximum absolute atomic E-state index is 13.4. The van der Waals surface area contributed by atoms with Crippen LogP contribution in [-0.2, 0) is 4.79 Å². The highest BCUT2D eigenvalue weighted by molar-refractivity contribution is 5.92. The van der Waals surface area contributed by atoms with E-state index in [2.05, 4.69) is 17.6 Å². The summed E-state index contributed by atoms with van der Waals surface area (Å²) in [6.07, 6.45) is 0. The van der Waals surface area contributed by atoms with Gasteiger partial charge in [-0.1, -0.05) is 0 Å². The van der Waals surface area contributed by atoms with Gasteiger partial charge in [0.25, 0.3) is 0 Å². The van der Waals surface area contributed by atoms with Gasteiger partial charge in [0.15, 0.2) is 0 Å². The number of carbonyl (C=O) groups excluding carboxylic acids is 1. The number of rotatable bonds is 3. The lowest BCUT2D eigenvalue weighted by molar-refractivity contribution is -0.118. The topological polar surface area (TPSA) is 44.4 Å². The maximum Gasteiger partial charge on any atom is 0.238 e. The molecule has 0 radical (unpaired) electrons. The van der Waals surface area contributed by atoms with E-state index in [9.17, 15) is 13.6 Å². The molecule has 1 amide bonds. The highest BCUT2D eigenvalue weighted by Crippen LogP contribution is 2.15. The van der Waals surface area contributed by atoms with E-state index >= 15 is 0 Å². The Morgan fingerprint density at radius 3 is 2.90 bits per heavy atom. The molecule has 0 spiro atoms. The smallest absolute Gasteiger partial charge is 0.238 e. The first-order chi connectivity index (χ1) is 9.45. The number of carbonyl (C=O) groups is 1. The van der Waals surface area contributed by atoms with E-state index < -0.39 is 11.6 Å². The summed E-state index contributed by atoms with van der Waals surface area (Å²) < 4.78 is 26.2. The standard InChI is InChI=1S/C14H19F2N3O/c1-9-7-19(10(2)6-17-9)8-14(20)18-13-4-3-11(15)5-12(13)16/h3-5,9-10,17H,6-8H2,1-2H3,(H,18,20). The normalized spacial score (nSPS) is 23.6. The van der Waals surface area contributed by atoms with Gasteiger partial charge in [0, 0.05) is 31.2 Å². The number of piperazine rings is 1. The van der Waals surface area contributed by atoms with Crippen molar-refractivity contribution in [2.45, 2.75) is 25.9 Å². The first-order valence-corrected chi connectivity index (χ1v) is 6.68. The molecule has 2 N–H and O–H groups in total. The van der Waals surface area contributed by atoms with Crippen molar-refractivity contribution in [1.29, 1.82) is 0 Å². The molecule has 110 valence electrons. The Balaban J connectivity index is 1.94. The first-order valence-electron chi connectivity index (χ1n) is 6.68. The number of benzene rings is 1. The fraction of sp³-hybridized carbons (Fsp3) is 0.500. The second-order valence-corrected chi connectivity index (χ2v) is 5.26. The molecule has 4 nitrogen and oxygen atoms in total. The Bertz CT molecular complexity index is 495. The van der Waals surface area contributed by atoms with Crippen molar-refractivity contribution in [1.82, 2.24) is 10.2 Å². The summed E-state index contributed by atoms with van der Waals surface area (Å²) in [5.41, 5.74) is 0.00670. The van der Waals surface area contributed by atoms with Gasteiger partial charge in [-0.05, 0) is 26.0 Å². The molecule has 2 atom stereocenters. The van der Waals surface area contributed by atoms with Gasteiger partial charge in [-0.15, -0.1) is 0 Å². The average molecular weight is 283 g/mol. The summed E-state index contributed by atoms with van der Waals surface area (Å²) >= 11 is 0. The second-order valence-electron chi connectivity index (χ2n) is 5.26. The fourth-order valence-electron chi connectivity index (χ4n) is 2.28. The summed E-state index contributed by atoms with van der Waals surface area (Å²) in [4.78, 5) is 14.0. The third-order valence-electron chi connectivity index (χ3n) is 3.45. The molecule has 1 aromatic carbocycles. The van der Waals surface area contributed by atoms with Gasteiger partial charge in [-0.25, -0.2) is 8.78 Å². The Hall–Kier alpha value is -1.53. The number of nitrogens with one attached hydrogen (secondary N) is 2. The molecule has 6 heteroatoms. The highest BCUT2D eigenvalue weighted by atomic mass is 19.1. The van der Waals surface area contributed by atoms with Gasteiger partial charge in [-0.2, -0.15) is 0 Å². The lowest BCUT2D eigenvalue weighted by atomic mass is 10.1. The van der Waals surface area contributed by atoms with Crippen LogP contribution in [0.2, 0.25) is 0 Å². The lowest BCUT2D eigenvalue weighted by Gasteiger charge is -2.36. The number of anilines is 1. The van der Waals surface area contributed by atoms with Crippen molar-refractivity contribution in [3.8, 4) is 0 Å². The SMILES string of the molecule is CC1CN(CC(=O)Nc2ccc(F)cc2F)C(C)CN1. The molecule has 1 saturated heterocycles. The van der Waals surface area contributed by atoms with Crippen LogP contribution in [0.1, 0.15) is 13.8 Å². The van der Waals surface area contributed by atoms with Gasteiger partial charge in [0.2, 0.25) is 5.91 Å². The monoisotopic (exact) mass is 283 g/mol. The third kappa shape index (κ3) is 3.74. The molecule has 0 saturated carbocycles. The van der Waals surface area contributed by atoms with E-state index in [4.69, 9.17) is 0 Å². The van der Waals surface area contributed by atoms with Gasteiger partial charge in [0.05, 0.1) is 12.2 Å². The molecule has 2 rings (SSSR count). The van der Waals surface area contributed by atoms with Gasteiger partial charge >= 0.3 is 0 Å². The minimum absolute atomic E-state index is 0.00670. The molecule has 20 heavy (non-hydrogen) atoms. The Kier molecular flexibility index (Phi) is 4.67. The average Bonchev–Trinajstić information content (AvgIpc) is 2.37. The van der Waals surface area contributed by atoms with Crippen LogP contribution in [-0.4, -0.2) is 42.5 Å². The summed E-state index contributed by atoms with van der Waals surface area (Å²) in [6.45, 7) is 5.87. The zero-order chi connectivity index (χ0) is 14.7. The zero-order valence-electron chi connectivity index (χ0n) is 11.6. The van der Waals surface area contributed by atoms with Crippen molar-refractivity contribution in [2.24, 2.45) is 0 Å². The summed E-state index contributed by atoms with van der Waals surface area (Å²) in [5, 5.41) is 5.80. The fourth-order valence-corrected chi connectivity index (χ4v) is 2.28. The number of hydrogen-bond acceptors (Lipinski definition) is 3. The quantitative estimate of drug-likeness (QED) is 0.885. The molecule has 0 aromatic heterocycles. The van der Waals surface area contributed by atoms with Crippen LogP contribution in [0, 0.1) is 11.6 Å². The van der Waals surface area contributed by atoms with Gasteiger partial charge in [0.1, 0.15) is 11.6 Å². The molecule has 0 bridgehead atoms. The van der Waals surface area contributed by atoms with Crippen molar-refractivity contribution in [2.75, 3.05) is 25.0 Å². The maximum atomic E-state index is 13.4. The van der Waals surface area contributed by atoms with Crippen LogP contribution < -0.4 is 10.6 Å². The summed E-state index contributed by atoms with van der Waals surface area (Å²) in [6, 6.07) is 3.67. The number of hydrogen-bond donors (Lipinski definition) is 2. The lowest BCUT2D eigenvalue weighted by Crippen LogP contribution is -2.55. The van der Waals surface area contributed by atoms with Crippen molar-refractivity contribution >= 4 is 11.6 Å². The Morgan fingerprint density at radius 2 is 2.20 bits per heavy atom. The molecule has 0 aliphatic carbocycles. The van der Waals surface area contributed by atoms with Crippen LogP contribution in [0.3, 0.4) is 0 Å². The van der Waals surface area contributed by atoms with Crippen LogP contribution in [0.15, 0.2) is 18.2 Å². The van der Waals surface area contributed by atoms with E-state index in [0.29, 0.717) is 6.04 Å². The molecule has 1 fully saturated rings. The first kappa shape index (κ1) is 14.9. The zero-order valence-corrected chi connectivity index (χ0v) is 11.6. The third-order valence-corrected chi connectivity index (χ3v) is 3.45. The minimum atomic E-state index is -0.764. The number of nitrogens with zero attached hydrogens (tertiary/aromatic N) is 1. The van der Waals surface area contributed by atoms with Crippen molar-refractivity contribution in [3.05, 3.63) is 29.8 Å². The van der Waals surface area contributed by atoms with E-state index in [1.807, 2.05) is 11.8 Å².